The Bertz CT molecular complexity index is 146. The zero-order valence-electron chi connectivity index (χ0n) is 7.39. The van der Waals surface area contributed by atoms with Crippen molar-refractivity contribution in [2.45, 2.75) is 19.3 Å². The lowest BCUT2D eigenvalue weighted by atomic mass is 10.2. The van der Waals surface area contributed by atoms with Gasteiger partial charge in [0.2, 0.25) is 0 Å². The Balaban J connectivity index is 0.000000310. The van der Waals surface area contributed by atoms with Crippen LogP contribution in [0.4, 0.5) is 0 Å². The van der Waals surface area contributed by atoms with E-state index in [2.05, 4.69) is 4.65 Å². The van der Waals surface area contributed by atoms with Crippen molar-refractivity contribution in [2.75, 3.05) is 13.2 Å². The van der Waals surface area contributed by atoms with Crippen molar-refractivity contribution in [1.82, 2.24) is 0 Å². The molecule has 0 unspecified atom stereocenters. The highest BCUT2D eigenvalue weighted by Gasteiger charge is 2.14. The molecule has 0 heterocycles. The maximum atomic E-state index is 8.31. The molecule has 1 rings (SSSR count). The SMILES string of the molecule is OB(O)OC1=CCCC1.OCCO. The van der Waals surface area contributed by atoms with Crippen LogP contribution in [0.2, 0.25) is 0 Å². The van der Waals surface area contributed by atoms with E-state index in [9.17, 15) is 0 Å². The van der Waals surface area contributed by atoms with Crippen molar-refractivity contribution in [2.24, 2.45) is 0 Å². The van der Waals surface area contributed by atoms with E-state index < -0.39 is 7.32 Å². The van der Waals surface area contributed by atoms with Crippen molar-refractivity contribution in [3.8, 4) is 0 Å². The average Bonchev–Trinajstić information content (AvgIpc) is 2.56. The quantitative estimate of drug-likeness (QED) is 0.429. The summed E-state index contributed by atoms with van der Waals surface area (Å²) >= 11 is 0. The molecule has 0 aromatic carbocycles. The Morgan fingerprint density at radius 1 is 1.31 bits per heavy atom. The fourth-order valence-electron chi connectivity index (χ4n) is 0.884. The van der Waals surface area contributed by atoms with E-state index in [1.165, 1.54) is 0 Å². The molecule has 0 aromatic heterocycles. The lowest BCUT2D eigenvalue weighted by Crippen LogP contribution is -2.15. The summed E-state index contributed by atoms with van der Waals surface area (Å²) in [5, 5.41) is 31.9. The van der Waals surface area contributed by atoms with Crippen LogP contribution in [0.3, 0.4) is 0 Å². The van der Waals surface area contributed by atoms with Crippen LogP contribution in [-0.4, -0.2) is 40.8 Å². The lowest BCUT2D eigenvalue weighted by Gasteiger charge is -2.02. The standard InChI is InChI=1S/C5H9BO3.C2H6O2/c7-6(8)9-5-3-1-2-4-5;3-1-2-4/h3,7-8H,1-2,4H2;3-4H,1-2H2. The Morgan fingerprint density at radius 3 is 2.23 bits per heavy atom. The van der Waals surface area contributed by atoms with Gasteiger partial charge in [-0.1, -0.05) is 0 Å². The predicted molar refractivity (Wildman–Crippen MR) is 47.4 cm³/mol. The van der Waals surface area contributed by atoms with Gasteiger partial charge in [0.25, 0.3) is 0 Å². The van der Waals surface area contributed by atoms with Gasteiger partial charge < -0.3 is 24.9 Å². The van der Waals surface area contributed by atoms with Crippen molar-refractivity contribution >= 4 is 7.32 Å². The van der Waals surface area contributed by atoms with Gasteiger partial charge >= 0.3 is 7.32 Å². The normalized spacial score (nSPS) is 14.3. The van der Waals surface area contributed by atoms with Gasteiger partial charge in [-0.2, -0.15) is 0 Å². The van der Waals surface area contributed by atoms with Crippen LogP contribution in [0.25, 0.3) is 0 Å². The van der Waals surface area contributed by atoms with Crippen LogP contribution < -0.4 is 0 Å². The van der Waals surface area contributed by atoms with Gasteiger partial charge in [-0.05, 0) is 18.9 Å². The molecule has 0 aliphatic heterocycles. The second kappa shape index (κ2) is 8.06. The van der Waals surface area contributed by atoms with Crippen LogP contribution in [0.15, 0.2) is 11.8 Å². The average molecular weight is 190 g/mol. The summed E-state index contributed by atoms with van der Waals surface area (Å²) in [5.41, 5.74) is 0. The Morgan fingerprint density at radius 2 is 1.92 bits per heavy atom. The second-order valence-corrected chi connectivity index (χ2v) is 2.45. The minimum absolute atomic E-state index is 0.125. The van der Waals surface area contributed by atoms with Gasteiger partial charge in [0.1, 0.15) is 0 Å². The molecule has 0 aromatic rings. The Hall–Kier alpha value is -0.555. The first kappa shape index (κ1) is 12.4. The number of allylic oxidation sites excluding steroid dienone is 2. The monoisotopic (exact) mass is 190 g/mol. The number of aliphatic hydroxyl groups is 2. The van der Waals surface area contributed by atoms with Crippen LogP contribution in [0.1, 0.15) is 19.3 Å². The molecule has 0 atom stereocenters. The van der Waals surface area contributed by atoms with Gasteiger partial charge in [-0.15, -0.1) is 0 Å². The maximum absolute atomic E-state index is 8.31. The maximum Gasteiger partial charge on any atom is 0.707 e. The molecule has 76 valence electrons. The summed E-state index contributed by atoms with van der Waals surface area (Å²) < 4.78 is 4.58. The first-order valence-corrected chi connectivity index (χ1v) is 4.14. The van der Waals surface area contributed by atoms with Crippen molar-refractivity contribution < 1.29 is 24.9 Å². The first-order chi connectivity index (χ1) is 6.20. The molecule has 0 saturated heterocycles. The summed E-state index contributed by atoms with van der Waals surface area (Å²) in [6.07, 6.45) is 4.75. The number of rotatable bonds is 3. The van der Waals surface area contributed by atoms with E-state index in [1.54, 1.807) is 0 Å². The molecule has 0 amide bonds. The fourth-order valence-corrected chi connectivity index (χ4v) is 0.884. The fraction of sp³-hybridized carbons (Fsp3) is 0.714. The number of hydrogen-bond donors (Lipinski definition) is 4. The molecule has 5 nitrogen and oxygen atoms in total. The first-order valence-electron chi connectivity index (χ1n) is 4.14. The molecule has 0 radical (unpaired) electrons. The third-order valence-electron chi connectivity index (χ3n) is 1.36. The minimum Gasteiger partial charge on any atom is -0.516 e. The van der Waals surface area contributed by atoms with E-state index in [4.69, 9.17) is 20.3 Å². The highest BCUT2D eigenvalue weighted by Crippen LogP contribution is 2.17. The lowest BCUT2D eigenvalue weighted by molar-refractivity contribution is 0.186. The van der Waals surface area contributed by atoms with E-state index in [0.717, 1.165) is 19.3 Å². The highest BCUT2D eigenvalue weighted by molar-refractivity contribution is 6.33. The van der Waals surface area contributed by atoms with Crippen LogP contribution >= 0.6 is 0 Å². The van der Waals surface area contributed by atoms with Gasteiger partial charge in [-0.3, -0.25) is 0 Å². The molecular weight excluding hydrogens is 175 g/mol. The number of hydrogen-bond acceptors (Lipinski definition) is 5. The number of aliphatic hydroxyl groups excluding tert-OH is 2. The minimum atomic E-state index is -1.64. The van der Waals surface area contributed by atoms with Crippen molar-refractivity contribution in [1.29, 1.82) is 0 Å². The Labute approximate surface area is 77.5 Å². The molecule has 0 bridgehead atoms. The summed E-state index contributed by atoms with van der Waals surface area (Å²) in [5.74, 6) is 0.699. The molecule has 1 aliphatic carbocycles. The second-order valence-electron chi connectivity index (χ2n) is 2.45. The van der Waals surface area contributed by atoms with Gasteiger partial charge in [0.05, 0.1) is 19.0 Å². The molecule has 0 spiro atoms. The van der Waals surface area contributed by atoms with E-state index in [1.807, 2.05) is 6.08 Å². The highest BCUT2D eigenvalue weighted by atomic mass is 16.6. The van der Waals surface area contributed by atoms with E-state index in [-0.39, 0.29) is 13.2 Å². The molecule has 13 heavy (non-hydrogen) atoms. The van der Waals surface area contributed by atoms with Crippen molar-refractivity contribution in [3.63, 3.8) is 0 Å². The third-order valence-corrected chi connectivity index (χ3v) is 1.36. The predicted octanol–water partition coefficient (Wildman–Crippen LogP) is -0.989. The Kier molecular flexibility index (Phi) is 7.72. The van der Waals surface area contributed by atoms with E-state index in [0.29, 0.717) is 5.76 Å². The van der Waals surface area contributed by atoms with Crippen LogP contribution in [-0.2, 0) is 4.65 Å². The molecule has 0 saturated carbocycles. The van der Waals surface area contributed by atoms with Crippen molar-refractivity contribution in [3.05, 3.63) is 11.8 Å². The summed E-state index contributed by atoms with van der Waals surface area (Å²) in [7, 11) is -1.64. The summed E-state index contributed by atoms with van der Waals surface area (Å²) in [6.45, 7) is -0.250. The molecular formula is C7H15BO5. The largest absolute Gasteiger partial charge is 0.707 e. The van der Waals surface area contributed by atoms with Crippen LogP contribution in [0, 0.1) is 0 Å². The molecule has 0 fully saturated rings. The third kappa shape index (κ3) is 7.79. The molecule has 6 heteroatoms. The molecule has 4 N–H and O–H groups in total. The zero-order chi connectivity index (χ0) is 10.1. The zero-order valence-corrected chi connectivity index (χ0v) is 7.39. The summed E-state index contributed by atoms with van der Waals surface area (Å²) in [4.78, 5) is 0. The molecule has 1 aliphatic rings. The summed E-state index contributed by atoms with van der Waals surface area (Å²) in [6, 6.07) is 0. The smallest absolute Gasteiger partial charge is 0.516 e. The van der Waals surface area contributed by atoms with E-state index >= 15 is 0 Å². The van der Waals surface area contributed by atoms with Gasteiger partial charge in [0, 0.05) is 6.42 Å². The topological polar surface area (TPSA) is 90.2 Å². The van der Waals surface area contributed by atoms with Gasteiger partial charge in [-0.25, -0.2) is 0 Å². The van der Waals surface area contributed by atoms with Crippen LogP contribution in [0.5, 0.6) is 0 Å². The van der Waals surface area contributed by atoms with Gasteiger partial charge in [0.15, 0.2) is 0 Å².